The van der Waals surface area contributed by atoms with Crippen molar-refractivity contribution >= 4 is 5.97 Å². The smallest absolute Gasteiger partial charge is 0.311 e. The van der Waals surface area contributed by atoms with Crippen molar-refractivity contribution in [2.75, 3.05) is 13.2 Å². The summed E-state index contributed by atoms with van der Waals surface area (Å²) in [5.74, 6) is 0.461. The van der Waals surface area contributed by atoms with Gasteiger partial charge in [0.2, 0.25) is 0 Å². The molecule has 0 bridgehead atoms. The Hall–Kier alpha value is -0.570. The molecule has 0 N–H and O–H groups in total. The van der Waals surface area contributed by atoms with Crippen LogP contribution in [0.4, 0.5) is 0 Å². The maximum Gasteiger partial charge on any atom is 0.311 e. The second kappa shape index (κ2) is 7.88. The van der Waals surface area contributed by atoms with E-state index >= 15 is 0 Å². The first-order valence-electron chi connectivity index (χ1n) is 7.80. The predicted molar refractivity (Wildman–Crippen MR) is 77.0 cm³/mol. The molecule has 3 unspecified atom stereocenters. The number of carbonyl (C=O) groups is 1. The van der Waals surface area contributed by atoms with E-state index in [2.05, 4.69) is 20.8 Å². The molecule has 3 atom stereocenters. The van der Waals surface area contributed by atoms with Crippen LogP contribution in [-0.2, 0) is 14.3 Å². The molecule has 3 heteroatoms. The van der Waals surface area contributed by atoms with Crippen molar-refractivity contribution < 1.29 is 14.3 Å². The second-order valence-corrected chi connectivity index (χ2v) is 6.19. The summed E-state index contributed by atoms with van der Waals surface area (Å²) in [6.45, 7) is 9.72. The van der Waals surface area contributed by atoms with E-state index in [0.29, 0.717) is 18.6 Å². The van der Waals surface area contributed by atoms with Gasteiger partial charge >= 0.3 is 5.97 Å². The van der Waals surface area contributed by atoms with Gasteiger partial charge in [0.15, 0.2) is 0 Å². The van der Waals surface area contributed by atoms with Crippen molar-refractivity contribution in [3.8, 4) is 0 Å². The molecule has 0 amide bonds. The zero-order chi connectivity index (χ0) is 14.3. The SMILES string of the molecule is CCCCC(C)(CC)C(=O)OCC1CCOC(C)C1. The van der Waals surface area contributed by atoms with Crippen molar-refractivity contribution in [3.63, 3.8) is 0 Å². The van der Waals surface area contributed by atoms with Crippen LogP contribution < -0.4 is 0 Å². The van der Waals surface area contributed by atoms with Gasteiger partial charge in [0.1, 0.15) is 0 Å². The third kappa shape index (κ3) is 5.13. The minimum absolute atomic E-state index is 0.0115. The maximum absolute atomic E-state index is 12.3. The van der Waals surface area contributed by atoms with E-state index < -0.39 is 0 Å². The first-order valence-corrected chi connectivity index (χ1v) is 7.80. The standard InChI is InChI=1S/C16H30O3/c1-5-7-9-16(4,6-2)15(17)19-12-14-8-10-18-13(3)11-14/h13-14H,5-12H2,1-4H3. The number of hydrogen-bond donors (Lipinski definition) is 0. The number of hydrogen-bond acceptors (Lipinski definition) is 3. The van der Waals surface area contributed by atoms with Crippen molar-refractivity contribution in [2.45, 2.75) is 72.3 Å². The summed E-state index contributed by atoms with van der Waals surface area (Å²) in [7, 11) is 0. The van der Waals surface area contributed by atoms with E-state index in [1.54, 1.807) is 0 Å². The summed E-state index contributed by atoms with van der Waals surface area (Å²) < 4.78 is 11.1. The van der Waals surface area contributed by atoms with Crippen LogP contribution in [0, 0.1) is 11.3 Å². The third-order valence-corrected chi connectivity index (χ3v) is 4.40. The molecule has 1 fully saturated rings. The second-order valence-electron chi connectivity index (χ2n) is 6.19. The van der Waals surface area contributed by atoms with E-state index in [0.717, 1.165) is 45.1 Å². The Morgan fingerprint density at radius 2 is 2.16 bits per heavy atom. The summed E-state index contributed by atoms with van der Waals surface area (Å²) in [5, 5.41) is 0. The number of esters is 1. The fourth-order valence-electron chi connectivity index (χ4n) is 2.60. The fraction of sp³-hybridized carbons (Fsp3) is 0.938. The molecule has 19 heavy (non-hydrogen) atoms. The summed E-state index contributed by atoms with van der Waals surface area (Å²) >= 11 is 0. The highest BCUT2D eigenvalue weighted by Gasteiger charge is 2.33. The molecule has 0 radical (unpaired) electrons. The van der Waals surface area contributed by atoms with Gasteiger partial charge in [0.25, 0.3) is 0 Å². The van der Waals surface area contributed by atoms with Crippen molar-refractivity contribution in [2.24, 2.45) is 11.3 Å². The minimum Gasteiger partial charge on any atom is -0.465 e. The Bertz CT molecular complexity index is 277. The molecule has 0 spiro atoms. The van der Waals surface area contributed by atoms with E-state index in [-0.39, 0.29) is 11.4 Å². The quantitative estimate of drug-likeness (QED) is 0.657. The summed E-state index contributed by atoms with van der Waals surface area (Å²) in [4.78, 5) is 12.3. The average Bonchev–Trinajstić information content (AvgIpc) is 2.42. The monoisotopic (exact) mass is 270 g/mol. The Kier molecular flexibility index (Phi) is 6.84. The Morgan fingerprint density at radius 3 is 2.74 bits per heavy atom. The van der Waals surface area contributed by atoms with Crippen LogP contribution in [-0.4, -0.2) is 25.3 Å². The molecule has 0 saturated carbocycles. The molecule has 0 aromatic rings. The van der Waals surface area contributed by atoms with Crippen LogP contribution in [0.3, 0.4) is 0 Å². The summed E-state index contributed by atoms with van der Waals surface area (Å²) in [6.07, 6.45) is 6.32. The van der Waals surface area contributed by atoms with Gasteiger partial charge in [-0.2, -0.15) is 0 Å². The van der Waals surface area contributed by atoms with Gasteiger partial charge in [-0.1, -0.05) is 26.7 Å². The zero-order valence-corrected chi connectivity index (χ0v) is 13.0. The van der Waals surface area contributed by atoms with E-state index in [1.807, 2.05) is 6.92 Å². The number of rotatable bonds is 7. The van der Waals surface area contributed by atoms with E-state index in [4.69, 9.17) is 9.47 Å². The molecule has 1 aliphatic heterocycles. The first-order chi connectivity index (χ1) is 9.01. The zero-order valence-electron chi connectivity index (χ0n) is 13.0. The van der Waals surface area contributed by atoms with Crippen LogP contribution in [0.1, 0.15) is 66.2 Å². The number of carbonyl (C=O) groups excluding carboxylic acids is 1. The minimum atomic E-state index is -0.299. The molecule has 0 aromatic carbocycles. The van der Waals surface area contributed by atoms with E-state index in [9.17, 15) is 4.79 Å². The maximum atomic E-state index is 12.3. The van der Waals surface area contributed by atoms with Gasteiger partial charge in [0, 0.05) is 6.61 Å². The molecule has 0 aliphatic carbocycles. The lowest BCUT2D eigenvalue weighted by Crippen LogP contribution is -2.33. The van der Waals surface area contributed by atoms with Crippen LogP contribution in [0.25, 0.3) is 0 Å². The van der Waals surface area contributed by atoms with Gasteiger partial charge < -0.3 is 9.47 Å². The molecule has 3 nitrogen and oxygen atoms in total. The summed E-state index contributed by atoms with van der Waals surface area (Å²) in [5.41, 5.74) is -0.299. The predicted octanol–water partition coefficient (Wildman–Crippen LogP) is 3.95. The molecule has 0 aromatic heterocycles. The lowest BCUT2D eigenvalue weighted by Gasteiger charge is -2.30. The third-order valence-electron chi connectivity index (χ3n) is 4.40. The van der Waals surface area contributed by atoms with Crippen LogP contribution in [0.15, 0.2) is 0 Å². The molecular formula is C16H30O3. The molecular weight excluding hydrogens is 240 g/mol. The lowest BCUT2D eigenvalue weighted by molar-refractivity contribution is -0.158. The summed E-state index contributed by atoms with van der Waals surface area (Å²) in [6, 6.07) is 0. The fourth-order valence-corrected chi connectivity index (χ4v) is 2.60. The Morgan fingerprint density at radius 1 is 1.42 bits per heavy atom. The number of unbranched alkanes of at least 4 members (excludes halogenated alkanes) is 1. The van der Waals surface area contributed by atoms with E-state index in [1.165, 1.54) is 0 Å². The molecule has 1 aliphatic rings. The van der Waals surface area contributed by atoms with Gasteiger partial charge in [-0.15, -0.1) is 0 Å². The van der Waals surface area contributed by atoms with Crippen LogP contribution in [0.2, 0.25) is 0 Å². The first kappa shape index (κ1) is 16.5. The largest absolute Gasteiger partial charge is 0.465 e. The molecule has 1 heterocycles. The molecule has 1 saturated heterocycles. The van der Waals surface area contributed by atoms with Gasteiger partial charge in [-0.25, -0.2) is 0 Å². The van der Waals surface area contributed by atoms with Gasteiger partial charge in [-0.3, -0.25) is 4.79 Å². The van der Waals surface area contributed by atoms with Crippen molar-refractivity contribution in [1.82, 2.24) is 0 Å². The van der Waals surface area contributed by atoms with Gasteiger partial charge in [0.05, 0.1) is 18.1 Å². The van der Waals surface area contributed by atoms with Crippen molar-refractivity contribution in [1.29, 1.82) is 0 Å². The number of ether oxygens (including phenoxy) is 2. The molecule has 112 valence electrons. The van der Waals surface area contributed by atoms with Crippen molar-refractivity contribution in [3.05, 3.63) is 0 Å². The highest BCUT2D eigenvalue weighted by atomic mass is 16.5. The Balaban J connectivity index is 2.39. The average molecular weight is 270 g/mol. The topological polar surface area (TPSA) is 35.5 Å². The Labute approximate surface area is 118 Å². The molecule has 1 rings (SSSR count). The lowest BCUT2D eigenvalue weighted by atomic mass is 9.82. The van der Waals surface area contributed by atoms with Crippen LogP contribution in [0.5, 0.6) is 0 Å². The van der Waals surface area contributed by atoms with Crippen LogP contribution >= 0.6 is 0 Å². The van der Waals surface area contributed by atoms with Gasteiger partial charge in [-0.05, 0) is 45.4 Å². The highest BCUT2D eigenvalue weighted by molar-refractivity contribution is 5.76. The normalized spacial score (nSPS) is 26.7. The highest BCUT2D eigenvalue weighted by Crippen LogP contribution is 2.30.